The van der Waals surface area contributed by atoms with Crippen molar-refractivity contribution in [2.75, 3.05) is 19.6 Å². The number of benzene rings is 2. The van der Waals surface area contributed by atoms with Crippen LogP contribution in [0.3, 0.4) is 0 Å². The zero-order valence-corrected chi connectivity index (χ0v) is 28.9. The number of hydrogen-bond acceptors (Lipinski definition) is 5. The Labute approximate surface area is 288 Å². The molecule has 3 aromatic rings. The summed E-state index contributed by atoms with van der Waals surface area (Å²) in [7, 11) is 0. The number of halogens is 4. The van der Waals surface area contributed by atoms with Gasteiger partial charge in [-0.2, -0.15) is 0 Å². The van der Waals surface area contributed by atoms with E-state index >= 15 is 4.39 Å². The number of likely N-dealkylation sites (tertiary alicyclic amines) is 1. The first-order valence-corrected chi connectivity index (χ1v) is 16.7. The average molecular weight is 701 g/mol. The molecule has 0 bridgehead atoms. The molecule has 50 heavy (non-hydrogen) atoms. The maximum absolute atomic E-state index is 15.7. The summed E-state index contributed by atoms with van der Waals surface area (Å²) in [5, 5.41) is 15.0. The van der Waals surface area contributed by atoms with Gasteiger partial charge in [0.15, 0.2) is 0 Å². The predicted molar refractivity (Wildman–Crippen MR) is 181 cm³/mol. The van der Waals surface area contributed by atoms with Crippen molar-refractivity contribution in [3.8, 4) is 11.1 Å². The molecule has 0 saturated carbocycles. The van der Waals surface area contributed by atoms with E-state index in [2.05, 4.69) is 10.6 Å². The smallest absolute Gasteiger partial charge is 0.305 e. The molecule has 4 rings (SSSR count). The summed E-state index contributed by atoms with van der Waals surface area (Å²) in [4.78, 5) is 54.2. The van der Waals surface area contributed by atoms with E-state index in [1.807, 2.05) is 18.7 Å². The predicted octanol–water partition coefficient (Wildman–Crippen LogP) is 5.93. The van der Waals surface area contributed by atoms with Crippen LogP contribution in [0, 0.1) is 38.3 Å². The van der Waals surface area contributed by atoms with Crippen molar-refractivity contribution in [1.82, 2.24) is 20.1 Å². The number of carbonyl (C=O) groups excluding carboxylic acids is 2. The highest BCUT2D eigenvalue weighted by Crippen LogP contribution is 2.34. The van der Waals surface area contributed by atoms with E-state index in [-0.39, 0.29) is 61.5 Å². The van der Waals surface area contributed by atoms with Crippen molar-refractivity contribution in [3.05, 3.63) is 92.4 Å². The fourth-order valence-corrected chi connectivity index (χ4v) is 6.42. The summed E-state index contributed by atoms with van der Waals surface area (Å²) in [6.45, 7) is 9.43. The minimum Gasteiger partial charge on any atom is -0.481 e. The van der Waals surface area contributed by atoms with E-state index in [1.165, 1.54) is 48.0 Å². The fraction of sp³-hybridized carbons (Fsp3) is 0.459. The van der Waals surface area contributed by atoms with E-state index < -0.39 is 59.4 Å². The van der Waals surface area contributed by atoms with Crippen LogP contribution < -0.4 is 16.2 Å². The van der Waals surface area contributed by atoms with Crippen LogP contribution in [0.5, 0.6) is 0 Å². The average Bonchev–Trinajstić information content (AvgIpc) is 3.01. The number of nitrogens with zero attached hydrogens (tertiary/aromatic N) is 2. The van der Waals surface area contributed by atoms with Gasteiger partial charge in [-0.1, -0.05) is 13.8 Å². The molecule has 1 aliphatic rings. The minimum atomic E-state index is -2.70. The molecular weight excluding hydrogens is 656 g/mol. The molecule has 2 heterocycles. The van der Waals surface area contributed by atoms with E-state index in [4.69, 9.17) is 0 Å². The van der Waals surface area contributed by atoms with Crippen molar-refractivity contribution in [3.63, 3.8) is 0 Å². The van der Waals surface area contributed by atoms with Gasteiger partial charge >= 0.3 is 5.97 Å². The number of aliphatic carboxylic acids is 1. The van der Waals surface area contributed by atoms with E-state index in [0.717, 1.165) is 0 Å². The van der Waals surface area contributed by atoms with Crippen molar-refractivity contribution >= 4 is 17.8 Å². The first-order chi connectivity index (χ1) is 23.5. The highest BCUT2D eigenvalue weighted by atomic mass is 19.3. The lowest BCUT2D eigenvalue weighted by atomic mass is 9.90. The second-order valence-corrected chi connectivity index (χ2v) is 13.5. The number of piperidine rings is 1. The molecule has 0 radical (unpaired) electrons. The number of aryl methyl sites for hydroxylation is 3. The molecule has 2 atom stereocenters. The van der Waals surface area contributed by atoms with Gasteiger partial charge in [0.25, 0.3) is 17.4 Å². The third-order valence-corrected chi connectivity index (χ3v) is 8.98. The Morgan fingerprint density at radius 2 is 1.58 bits per heavy atom. The summed E-state index contributed by atoms with van der Waals surface area (Å²) in [5.41, 5.74) is 1.59. The lowest BCUT2D eigenvalue weighted by molar-refractivity contribution is -0.137. The van der Waals surface area contributed by atoms with Crippen LogP contribution >= 0.6 is 0 Å². The number of aromatic nitrogens is 1. The lowest BCUT2D eigenvalue weighted by Gasteiger charge is -2.31. The zero-order valence-electron chi connectivity index (χ0n) is 28.9. The highest BCUT2D eigenvalue weighted by Gasteiger charge is 2.34. The summed E-state index contributed by atoms with van der Waals surface area (Å²) in [5.74, 6) is -6.88. The second-order valence-electron chi connectivity index (χ2n) is 13.5. The van der Waals surface area contributed by atoms with Gasteiger partial charge in [0, 0.05) is 50.8 Å². The summed E-state index contributed by atoms with van der Waals surface area (Å²) < 4.78 is 58.2. The van der Waals surface area contributed by atoms with Crippen LogP contribution in [0.4, 0.5) is 17.6 Å². The Kier molecular flexibility index (Phi) is 12.3. The van der Waals surface area contributed by atoms with Gasteiger partial charge < -0.3 is 25.2 Å². The fourth-order valence-electron chi connectivity index (χ4n) is 6.42. The van der Waals surface area contributed by atoms with Gasteiger partial charge in [-0.3, -0.25) is 19.2 Å². The maximum atomic E-state index is 15.7. The monoisotopic (exact) mass is 700 g/mol. The topological polar surface area (TPSA) is 121 Å². The van der Waals surface area contributed by atoms with Gasteiger partial charge in [-0.15, -0.1) is 0 Å². The summed E-state index contributed by atoms with van der Waals surface area (Å²) >= 11 is 0. The van der Waals surface area contributed by atoms with Crippen LogP contribution in [0.25, 0.3) is 11.1 Å². The number of carboxylic acids is 1. The van der Waals surface area contributed by atoms with Gasteiger partial charge in [-0.25, -0.2) is 17.6 Å². The number of rotatable bonds is 13. The highest BCUT2D eigenvalue weighted by molar-refractivity contribution is 5.97. The molecule has 9 nitrogen and oxygen atoms in total. The van der Waals surface area contributed by atoms with Crippen molar-refractivity contribution in [2.45, 2.75) is 84.9 Å². The van der Waals surface area contributed by atoms with Crippen LogP contribution in [0.2, 0.25) is 0 Å². The number of alkyl halides is 2. The molecule has 13 heteroatoms. The molecule has 1 fully saturated rings. The van der Waals surface area contributed by atoms with Crippen LogP contribution in [0.1, 0.15) is 78.2 Å². The third kappa shape index (κ3) is 9.58. The number of hydrogen-bond donors (Lipinski definition) is 3. The van der Waals surface area contributed by atoms with Crippen LogP contribution in [0.15, 0.2) is 47.4 Å². The number of carbonyl (C=O) groups is 3. The Balaban J connectivity index is 1.57. The van der Waals surface area contributed by atoms with Gasteiger partial charge in [0.05, 0.1) is 12.5 Å². The first-order valence-electron chi connectivity index (χ1n) is 16.7. The van der Waals surface area contributed by atoms with E-state index in [1.54, 1.807) is 19.9 Å². The molecular formula is C37H44F4N4O5. The maximum Gasteiger partial charge on any atom is 0.305 e. The number of nitrogens with one attached hydrogen (secondary N) is 2. The van der Waals surface area contributed by atoms with Crippen molar-refractivity contribution < 1.29 is 37.1 Å². The van der Waals surface area contributed by atoms with Gasteiger partial charge in [-0.05, 0) is 97.3 Å². The van der Waals surface area contributed by atoms with E-state index in [9.17, 15) is 37.5 Å². The van der Waals surface area contributed by atoms with Gasteiger partial charge in [0.1, 0.15) is 23.2 Å². The van der Waals surface area contributed by atoms with Crippen LogP contribution in [-0.4, -0.2) is 64.0 Å². The molecule has 0 unspecified atom stereocenters. The van der Waals surface area contributed by atoms with Crippen molar-refractivity contribution in [1.29, 1.82) is 0 Å². The van der Waals surface area contributed by atoms with Crippen molar-refractivity contribution in [2.24, 2.45) is 5.92 Å². The molecule has 3 N–H and O–H groups in total. The Hall–Kier alpha value is -4.52. The summed E-state index contributed by atoms with van der Waals surface area (Å²) in [6.07, 6.45) is 0.414. The summed E-state index contributed by atoms with van der Waals surface area (Å²) in [6, 6.07) is 5.98. The molecule has 1 aromatic heterocycles. The molecule has 0 spiro atoms. The Morgan fingerprint density at radius 1 is 0.940 bits per heavy atom. The molecule has 2 amide bonds. The number of carboxylic acid groups (broad SMARTS) is 1. The Bertz CT molecular complexity index is 1780. The zero-order chi connectivity index (χ0) is 36.9. The standard InChI is InChI=1S/C37H44F4N4O5/c1-21(2)15-30(43-34(48)27-7-6-10-45(36(27)50)14-13-44-11-8-37(40,41)9-12-44)35(49)42-29(20-31(46)47)28-19-25(16-24(5)33(28)39)32-22(3)17-26(38)18-23(32)4/h6-7,10,16-19,21,29-30H,8-9,11-15,20H2,1-5H3,(H,42,49)(H,43,48)(H,46,47)/t29-,30-/m0/s1. The normalized spacial score (nSPS) is 15.8. The first kappa shape index (κ1) is 38.3. The van der Waals surface area contributed by atoms with Crippen LogP contribution in [-0.2, 0) is 16.1 Å². The minimum absolute atomic E-state index is 0.0862. The molecule has 270 valence electrons. The van der Waals surface area contributed by atoms with Gasteiger partial charge in [0.2, 0.25) is 5.91 Å². The number of amides is 2. The molecule has 2 aromatic carbocycles. The number of pyridine rings is 1. The molecule has 1 saturated heterocycles. The SMILES string of the molecule is Cc1cc(-c2c(C)cc(F)cc2C)cc([C@H](CC(=O)O)NC(=O)[C@H](CC(C)C)NC(=O)c2cccn(CCN3CCC(F)(F)CC3)c2=O)c1F. The Morgan fingerprint density at radius 3 is 2.18 bits per heavy atom. The molecule has 0 aliphatic carbocycles. The third-order valence-electron chi connectivity index (χ3n) is 8.98. The van der Waals surface area contributed by atoms with E-state index in [0.29, 0.717) is 28.8 Å². The lowest BCUT2D eigenvalue weighted by Crippen LogP contribution is -2.49. The largest absolute Gasteiger partial charge is 0.481 e. The molecule has 1 aliphatic heterocycles. The quantitative estimate of drug-likeness (QED) is 0.190. The second kappa shape index (κ2) is 16.0.